The zero-order valence-electron chi connectivity index (χ0n) is 8.65. The van der Waals surface area contributed by atoms with E-state index in [1.165, 1.54) is 0 Å². The Morgan fingerprint density at radius 3 is 2.67 bits per heavy atom. The first-order valence-corrected chi connectivity index (χ1v) is 5.35. The molecule has 0 spiro atoms. The van der Waals surface area contributed by atoms with E-state index in [9.17, 15) is 4.79 Å². The van der Waals surface area contributed by atoms with Gasteiger partial charge in [0.2, 0.25) is 5.91 Å². The predicted molar refractivity (Wildman–Crippen MR) is 59.1 cm³/mol. The van der Waals surface area contributed by atoms with E-state index in [-0.39, 0.29) is 17.9 Å². The summed E-state index contributed by atoms with van der Waals surface area (Å²) in [5.41, 5.74) is 7.01. The van der Waals surface area contributed by atoms with Crippen molar-refractivity contribution < 1.29 is 4.79 Å². The van der Waals surface area contributed by atoms with Gasteiger partial charge in [-0.15, -0.1) is 0 Å². The van der Waals surface area contributed by atoms with Crippen molar-refractivity contribution in [2.45, 2.75) is 18.9 Å². The topological polar surface area (TPSA) is 55.1 Å². The molecular formula is C12H16N2O. The summed E-state index contributed by atoms with van der Waals surface area (Å²) in [7, 11) is 0. The second kappa shape index (κ2) is 4.45. The van der Waals surface area contributed by atoms with E-state index in [4.69, 9.17) is 5.73 Å². The summed E-state index contributed by atoms with van der Waals surface area (Å²) in [6.45, 7) is 0.527. The predicted octanol–water partition coefficient (Wildman–Crippen LogP) is 1.21. The number of nitrogens with one attached hydrogen (secondary N) is 1. The average Bonchev–Trinajstić information content (AvgIpc) is 3.10. The molecular weight excluding hydrogens is 188 g/mol. The Labute approximate surface area is 89.7 Å². The van der Waals surface area contributed by atoms with Crippen molar-refractivity contribution in [1.82, 2.24) is 5.32 Å². The number of amides is 1. The van der Waals surface area contributed by atoms with E-state index in [0.29, 0.717) is 6.54 Å². The Hall–Kier alpha value is -1.35. The first-order valence-electron chi connectivity index (χ1n) is 5.35. The fourth-order valence-electron chi connectivity index (χ4n) is 1.52. The first-order chi connectivity index (χ1) is 7.27. The summed E-state index contributed by atoms with van der Waals surface area (Å²) in [6, 6.07) is 9.73. The van der Waals surface area contributed by atoms with Gasteiger partial charge in [0, 0.05) is 18.5 Å². The fraction of sp³-hybridized carbons (Fsp3) is 0.417. The summed E-state index contributed by atoms with van der Waals surface area (Å²) < 4.78 is 0. The normalized spacial score (nSPS) is 17.1. The Morgan fingerprint density at radius 1 is 1.40 bits per heavy atom. The maximum Gasteiger partial charge on any atom is 0.223 e. The molecule has 1 aromatic rings. The van der Waals surface area contributed by atoms with Crippen LogP contribution in [-0.4, -0.2) is 12.5 Å². The van der Waals surface area contributed by atoms with Crippen molar-refractivity contribution in [1.29, 1.82) is 0 Å². The molecule has 1 aromatic carbocycles. The third kappa shape index (κ3) is 2.80. The molecule has 1 fully saturated rings. The Kier molecular flexibility index (Phi) is 3.02. The maximum absolute atomic E-state index is 11.4. The van der Waals surface area contributed by atoms with Crippen molar-refractivity contribution in [3.63, 3.8) is 0 Å². The Morgan fingerprint density at radius 2 is 2.07 bits per heavy atom. The number of benzene rings is 1. The van der Waals surface area contributed by atoms with Crippen LogP contribution in [0.1, 0.15) is 24.4 Å². The molecule has 3 N–H and O–H groups in total. The number of carbonyl (C=O) groups excluding carboxylic acids is 1. The molecule has 3 heteroatoms. The van der Waals surface area contributed by atoms with Gasteiger partial charge < -0.3 is 11.1 Å². The largest absolute Gasteiger partial charge is 0.354 e. The first kappa shape index (κ1) is 10.2. The van der Waals surface area contributed by atoms with Gasteiger partial charge >= 0.3 is 0 Å². The van der Waals surface area contributed by atoms with Crippen molar-refractivity contribution in [2.75, 3.05) is 6.54 Å². The van der Waals surface area contributed by atoms with Gasteiger partial charge in [-0.1, -0.05) is 30.3 Å². The fourth-order valence-corrected chi connectivity index (χ4v) is 1.52. The number of rotatable bonds is 4. The quantitative estimate of drug-likeness (QED) is 0.774. The van der Waals surface area contributed by atoms with Gasteiger partial charge in [0.15, 0.2) is 0 Å². The summed E-state index contributed by atoms with van der Waals surface area (Å²) in [6.07, 6.45) is 2.07. The van der Waals surface area contributed by atoms with Crippen molar-refractivity contribution in [3.8, 4) is 0 Å². The van der Waals surface area contributed by atoms with Gasteiger partial charge in [-0.25, -0.2) is 0 Å². The van der Waals surface area contributed by atoms with E-state index >= 15 is 0 Å². The van der Waals surface area contributed by atoms with Crippen LogP contribution in [0.3, 0.4) is 0 Å². The SMILES string of the molecule is NC(CNC(=O)C1CC1)c1ccccc1. The van der Waals surface area contributed by atoms with Crippen molar-refractivity contribution >= 4 is 5.91 Å². The highest BCUT2D eigenvalue weighted by molar-refractivity contribution is 5.80. The van der Waals surface area contributed by atoms with Gasteiger partial charge in [-0.2, -0.15) is 0 Å². The molecule has 1 aliphatic carbocycles. The molecule has 80 valence electrons. The molecule has 0 radical (unpaired) electrons. The van der Waals surface area contributed by atoms with E-state index in [2.05, 4.69) is 5.32 Å². The number of nitrogens with two attached hydrogens (primary N) is 1. The minimum atomic E-state index is -0.103. The third-order valence-electron chi connectivity index (χ3n) is 2.67. The lowest BCUT2D eigenvalue weighted by atomic mass is 10.1. The average molecular weight is 204 g/mol. The lowest BCUT2D eigenvalue weighted by molar-refractivity contribution is -0.122. The second-order valence-electron chi connectivity index (χ2n) is 4.04. The van der Waals surface area contributed by atoms with Crippen LogP contribution >= 0.6 is 0 Å². The highest BCUT2D eigenvalue weighted by atomic mass is 16.2. The maximum atomic E-state index is 11.4. The van der Waals surface area contributed by atoms with E-state index < -0.39 is 0 Å². The Bertz CT molecular complexity index is 333. The third-order valence-corrected chi connectivity index (χ3v) is 2.67. The number of hydrogen-bond acceptors (Lipinski definition) is 2. The van der Waals surface area contributed by atoms with E-state index in [1.54, 1.807) is 0 Å². The number of hydrogen-bond donors (Lipinski definition) is 2. The molecule has 0 aliphatic heterocycles. The van der Waals surface area contributed by atoms with Crippen LogP contribution in [0.4, 0.5) is 0 Å². The number of carbonyl (C=O) groups is 1. The summed E-state index contributed by atoms with van der Waals surface area (Å²) in [5.74, 6) is 0.411. The molecule has 0 heterocycles. The van der Waals surface area contributed by atoms with Crippen LogP contribution in [0, 0.1) is 5.92 Å². The molecule has 0 saturated heterocycles. The van der Waals surface area contributed by atoms with E-state index in [1.807, 2.05) is 30.3 Å². The minimum absolute atomic E-state index is 0.103. The van der Waals surface area contributed by atoms with Crippen LogP contribution in [-0.2, 0) is 4.79 Å². The van der Waals surface area contributed by atoms with Crippen LogP contribution in [0.5, 0.6) is 0 Å². The van der Waals surface area contributed by atoms with Crippen LogP contribution < -0.4 is 11.1 Å². The second-order valence-corrected chi connectivity index (χ2v) is 4.04. The summed E-state index contributed by atoms with van der Waals surface area (Å²) in [4.78, 5) is 11.4. The van der Waals surface area contributed by atoms with Gasteiger partial charge in [-0.05, 0) is 18.4 Å². The molecule has 1 amide bonds. The molecule has 15 heavy (non-hydrogen) atoms. The van der Waals surface area contributed by atoms with Crippen molar-refractivity contribution in [2.24, 2.45) is 11.7 Å². The van der Waals surface area contributed by atoms with Crippen LogP contribution in [0.15, 0.2) is 30.3 Å². The molecule has 1 saturated carbocycles. The standard InChI is InChI=1S/C12H16N2O/c13-11(9-4-2-1-3-5-9)8-14-12(15)10-6-7-10/h1-5,10-11H,6-8,13H2,(H,14,15). The molecule has 1 atom stereocenters. The van der Waals surface area contributed by atoms with Gasteiger partial charge in [0.05, 0.1) is 0 Å². The lowest BCUT2D eigenvalue weighted by Crippen LogP contribution is -2.32. The van der Waals surface area contributed by atoms with Crippen LogP contribution in [0.2, 0.25) is 0 Å². The molecule has 1 aliphatic rings. The molecule has 2 rings (SSSR count). The van der Waals surface area contributed by atoms with Gasteiger partial charge in [-0.3, -0.25) is 4.79 Å². The molecule has 1 unspecified atom stereocenters. The van der Waals surface area contributed by atoms with E-state index in [0.717, 1.165) is 18.4 Å². The Balaban J connectivity index is 1.81. The highest BCUT2D eigenvalue weighted by Gasteiger charge is 2.29. The van der Waals surface area contributed by atoms with Gasteiger partial charge in [0.1, 0.15) is 0 Å². The zero-order valence-corrected chi connectivity index (χ0v) is 8.65. The summed E-state index contributed by atoms with van der Waals surface area (Å²) in [5, 5.41) is 2.88. The van der Waals surface area contributed by atoms with Crippen LogP contribution in [0.25, 0.3) is 0 Å². The molecule has 3 nitrogen and oxygen atoms in total. The van der Waals surface area contributed by atoms with Crippen molar-refractivity contribution in [3.05, 3.63) is 35.9 Å². The minimum Gasteiger partial charge on any atom is -0.354 e. The lowest BCUT2D eigenvalue weighted by Gasteiger charge is -2.12. The molecule has 0 aromatic heterocycles. The smallest absolute Gasteiger partial charge is 0.223 e. The molecule has 0 bridgehead atoms. The highest BCUT2D eigenvalue weighted by Crippen LogP contribution is 2.28. The summed E-state index contributed by atoms with van der Waals surface area (Å²) >= 11 is 0. The van der Waals surface area contributed by atoms with Gasteiger partial charge in [0.25, 0.3) is 0 Å². The monoisotopic (exact) mass is 204 g/mol. The zero-order chi connectivity index (χ0) is 10.7.